The van der Waals surface area contributed by atoms with Gasteiger partial charge in [0, 0.05) is 18.8 Å². The van der Waals surface area contributed by atoms with Crippen LogP contribution in [-0.2, 0) is 4.79 Å². The lowest BCUT2D eigenvalue weighted by Crippen LogP contribution is -2.39. The molecule has 1 aromatic rings. The second-order valence-electron chi connectivity index (χ2n) is 4.66. The Morgan fingerprint density at radius 1 is 1.18 bits per heavy atom. The lowest BCUT2D eigenvalue weighted by Gasteiger charge is -2.26. The van der Waals surface area contributed by atoms with Crippen LogP contribution < -0.4 is 5.32 Å². The maximum absolute atomic E-state index is 11.9. The molecule has 1 N–H and O–H groups in total. The van der Waals surface area contributed by atoms with E-state index in [4.69, 9.17) is 0 Å². The first-order valence-electron chi connectivity index (χ1n) is 6.34. The molecule has 1 aromatic carbocycles. The highest BCUT2D eigenvalue weighted by molar-refractivity contribution is 5.80. The van der Waals surface area contributed by atoms with E-state index in [1.807, 2.05) is 29.2 Å². The SMILES string of the molecule is Cc1ccc(NCC(=O)N2CCCCC2)cc1. The number of nitrogens with one attached hydrogen (secondary N) is 1. The molecule has 0 unspecified atom stereocenters. The van der Waals surface area contributed by atoms with Crippen molar-refractivity contribution in [3.63, 3.8) is 0 Å². The van der Waals surface area contributed by atoms with Gasteiger partial charge >= 0.3 is 0 Å². The summed E-state index contributed by atoms with van der Waals surface area (Å²) in [7, 11) is 0. The molecule has 3 nitrogen and oxygen atoms in total. The van der Waals surface area contributed by atoms with Crippen molar-refractivity contribution in [1.82, 2.24) is 4.90 Å². The molecule has 0 saturated carbocycles. The zero-order chi connectivity index (χ0) is 12.1. The number of rotatable bonds is 3. The van der Waals surface area contributed by atoms with E-state index in [2.05, 4.69) is 12.2 Å². The van der Waals surface area contributed by atoms with Crippen molar-refractivity contribution in [2.24, 2.45) is 0 Å². The second-order valence-corrected chi connectivity index (χ2v) is 4.66. The summed E-state index contributed by atoms with van der Waals surface area (Å²) in [6.45, 7) is 4.31. The third-order valence-corrected chi connectivity index (χ3v) is 3.20. The van der Waals surface area contributed by atoms with Gasteiger partial charge in [0.05, 0.1) is 6.54 Å². The van der Waals surface area contributed by atoms with Gasteiger partial charge in [0.1, 0.15) is 0 Å². The van der Waals surface area contributed by atoms with E-state index in [9.17, 15) is 4.79 Å². The smallest absolute Gasteiger partial charge is 0.241 e. The van der Waals surface area contributed by atoms with Crippen LogP contribution in [0.5, 0.6) is 0 Å². The van der Waals surface area contributed by atoms with Crippen LogP contribution in [0.2, 0.25) is 0 Å². The minimum Gasteiger partial charge on any atom is -0.376 e. The number of carbonyl (C=O) groups excluding carboxylic acids is 1. The summed E-state index contributed by atoms with van der Waals surface area (Å²) < 4.78 is 0. The van der Waals surface area contributed by atoms with Gasteiger partial charge in [-0.1, -0.05) is 17.7 Å². The average molecular weight is 232 g/mol. The Hall–Kier alpha value is -1.51. The number of carbonyl (C=O) groups is 1. The Bertz CT molecular complexity index is 366. The highest BCUT2D eigenvalue weighted by atomic mass is 16.2. The molecule has 1 aliphatic rings. The molecule has 0 aromatic heterocycles. The highest BCUT2D eigenvalue weighted by Crippen LogP contribution is 2.10. The molecular formula is C14H20N2O. The van der Waals surface area contributed by atoms with Crippen molar-refractivity contribution in [2.75, 3.05) is 25.0 Å². The molecule has 2 rings (SSSR count). The minimum absolute atomic E-state index is 0.213. The maximum atomic E-state index is 11.9. The van der Waals surface area contributed by atoms with Crippen LogP contribution in [0, 0.1) is 6.92 Å². The van der Waals surface area contributed by atoms with Crippen molar-refractivity contribution in [3.05, 3.63) is 29.8 Å². The number of benzene rings is 1. The number of hydrogen-bond acceptors (Lipinski definition) is 2. The van der Waals surface area contributed by atoms with Crippen molar-refractivity contribution in [1.29, 1.82) is 0 Å². The summed E-state index contributed by atoms with van der Waals surface area (Å²) in [4.78, 5) is 13.9. The summed E-state index contributed by atoms with van der Waals surface area (Å²) in [6.07, 6.45) is 3.56. The van der Waals surface area contributed by atoms with E-state index in [-0.39, 0.29) is 5.91 Å². The van der Waals surface area contributed by atoms with Crippen molar-refractivity contribution < 1.29 is 4.79 Å². The van der Waals surface area contributed by atoms with Crippen LogP contribution in [0.3, 0.4) is 0 Å². The molecule has 92 valence electrons. The lowest BCUT2D eigenvalue weighted by atomic mass is 10.1. The summed E-state index contributed by atoms with van der Waals surface area (Å²) in [5.41, 5.74) is 2.25. The number of amides is 1. The molecule has 1 aliphatic heterocycles. The van der Waals surface area contributed by atoms with Crippen molar-refractivity contribution in [3.8, 4) is 0 Å². The molecule has 0 spiro atoms. The molecular weight excluding hydrogens is 212 g/mol. The fraction of sp³-hybridized carbons (Fsp3) is 0.500. The number of piperidine rings is 1. The van der Waals surface area contributed by atoms with E-state index in [1.54, 1.807) is 0 Å². The van der Waals surface area contributed by atoms with Gasteiger partial charge in [0.2, 0.25) is 5.91 Å². The molecule has 17 heavy (non-hydrogen) atoms. The van der Waals surface area contributed by atoms with Crippen LogP contribution >= 0.6 is 0 Å². The van der Waals surface area contributed by atoms with E-state index in [0.29, 0.717) is 6.54 Å². The Morgan fingerprint density at radius 2 is 1.82 bits per heavy atom. The fourth-order valence-corrected chi connectivity index (χ4v) is 2.10. The third kappa shape index (κ3) is 3.48. The van der Waals surface area contributed by atoms with Crippen LogP contribution in [-0.4, -0.2) is 30.4 Å². The molecule has 1 heterocycles. The first-order valence-corrected chi connectivity index (χ1v) is 6.34. The summed E-state index contributed by atoms with van der Waals surface area (Å²) >= 11 is 0. The number of nitrogens with zero attached hydrogens (tertiary/aromatic N) is 1. The van der Waals surface area contributed by atoms with Gasteiger partial charge in [0.25, 0.3) is 0 Å². The van der Waals surface area contributed by atoms with E-state index >= 15 is 0 Å². The van der Waals surface area contributed by atoms with Gasteiger partial charge in [-0.25, -0.2) is 0 Å². The Kier molecular flexibility index (Phi) is 4.02. The van der Waals surface area contributed by atoms with E-state index < -0.39 is 0 Å². The van der Waals surface area contributed by atoms with Gasteiger partial charge in [-0.15, -0.1) is 0 Å². The predicted molar refractivity (Wildman–Crippen MR) is 70.1 cm³/mol. The van der Waals surface area contributed by atoms with E-state index in [0.717, 1.165) is 31.6 Å². The quantitative estimate of drug-likeness (QED) is 0.868. The van der Waals surface area contributed by atoms with Gasteiger partial charge < -0.3 is 10.2 Å². The number of likely N-dealkylation sites (tertiary alicyclic amines) is 1. The first kappa shape index (κ1) is 12.0. The van der Waals surface area contributed by atoms with Crippen LogP contribution in [0.15, 0.2) is 24.3 Å². The molecule has 0 atom stereocenters. The van der Waals surface area contributed by atoms with Crippen molar-refractivity contribution >= 4 is 11.6 Å². The summed E-state index contributed by atoms with van der Waals surface area (Å²) in [5, 5.41) is 3.18. The molecule has 1 fully saturated rings. The van der Waals surface area contributed by atoms with Crippen LogP contribution in [0.25, 0.3) is 0 Å². The molecule has 1 saturated heterocycles. The topological polar surface area (TPSA) is 32.3 Å². The van der Waals surface area contributed by atoms with Gasteiger partial charge in [-0.05, 0) is 38.3 Å². The number of aryl methyl sites for hydroxylation is 1. The van der Waals surface area contributed by atoms with Crippen molar-refractivity contribution in [2.45, 2.75) is 26.2 Å². The Morgan fingerprint density at radius 3 is 2.47 bits per heavy atom. The standard InChI is InChI=1S/C14H20N2O/c1-12-5-7-13(8-6-12)15-11-14(17)16-9-3-2-4-10-16/h5-8,15H,2-4,9-11H2,1H3. The Labute approximate surface area is 103 Å². The third-order valence-electron chi connectivity index (χ3n) is 3.20. The molecule has 0 radical (unpaired) electrons. The monoisotopic (exact) mass is 232 g/mol. The lowest BCUT2D eigenvalue weighted by molar-refractivity contribution is -0.130. The fourth-order valence-electron chi connectivity index (χ4n) is 2.10. The number of hydrogen-bond donors (Lipinski definition) is 1. The molecule has 0 bridgehead atoms. The predicted octanol–water partition coefficient (Wildman–Crippen LogP) is 2.42. The minimum atomic E-state index is 0.213. The average Bonchev–Trinajstić information content (AvgIpc) is 2.39. The summed E-state index contributed by atoms with van der Waals surface area (Å²) in [5.74, 6) is 0.213. The zero-order valence-electron chi connectivity index (χ0n) is 10.4. The van der Waals surface area contributed by atoms with E-state index in [1.165, 1.54) is 12.0 Å². The zero-order valence-corrected chi connectivity index (χ0v) is 10.4. The largest absolute Gasteiger partial charge is 0.376 e. The number of anilines is 1. The Balaban J connectivity index is 1.81. The second kappa shape index (κ2) is 5.71. The summed E-state index contributed by atoms with van der Waals surface area (Å²) in [6, 6.07) is 8.12. The molecule has 1 amide bonds. The van der Waals surface area contributed by atoms with Crippen LogP contribution in [0.4, 0.5) is 5.69 Å². The highest BCUT2D eigenvalue weighted by Gasteiger charge is 2.15. The molecule has 0 aliphatic carbocycles. The van der Waals surface area contributed by atoms with Gasteiger partial charge in [0.15, 0.2) is 0 Å². The van der Waals surface area contributed by atoms with Crippen LogP contribution in [0.1, 0.15) is 24.8 Å². The maximum Gasteiger partial charge on any atom is 0.241 e. The first-order chi connectivity index (χ1) is 8.25. The van der Waals surface area contributed by atoms with Gasteiger partial charge in [-0.2, -0.15) is 0 Å². The molecule has 3 heteroatoms. The van der Waals surface area contributed by atoms with Gasteiger partial charge in [-0.3, -0.25) is 4.79 Å². The normalized spacial score (nSPS) is 15.7.